The van der Waals surface area contributed by atoms with E-state index in [0.29, 0.717) is 5.92 Å². The maximum atomic E-state index is 13.5. The highest BCUT2D eigenvalue weighted by atomic mass is 35.5. The molecule has 4 heteroatoms. The third-order valence-electron chi connectivity index (χ3n) is 4.01. The van der Waals surface area contributed by atoms with Crippen LogP contribution in [-0.2, 0) is 0 Å². The van der Waals surface area contributed by atoms with Crippen LogP contribution in [0, 0.1) is 17.7 Å². The van der Waals surface area contributed by atoms with E-state index in [1.807, 2.05) is 6.07 Å². The van der Waals surface area contributed by atoms with Crippen molar-refractivity contribution in [2.75, 3.05) is 0 Å². The van der Waals surface area contributed by atoms with Crippen LogP contribution in [0.5, 0.6) is 0 Å². The van der Waals surface area contributed by atoms with Gasteiger partial charge in [-0.25, -0.2) is 4.39 Å². The first kappa shape index (κ1) is 13.8. The second kappa shape index (κ2) is 6.00. The summed E-state index contributed by atoms with van der Waals surface area (Å²) in [5, 5.41) is 0.159. The molecule has 0 spiro atoms. The first-order chi connectivity index (χ1) is 8.61. The number of hydrogen-bond donors (Lipinski definition) is 2. The minimum atomic E-state index is -0.376. The van der Waals surface area contributed by atoms with E-state index in [9.17, 15) is 4.39 Å². The lowest BCUT2D eigenvalue weighted by Gasteiger charge is -2.32. The summed E-state index contributed by atoms with van der Waals surface area (Å²) in [5.74, 6) is 6.55. The average molecular weight is 271 g/mol. The molecule has 100 valence electrons. The molecule has 0 amide bonds. The smallest absolute Gasteiger partial charge is 0.142 e. The maximum absolute atomic E-state index is 13.5. The van der Waals surface area contributed by atoms with Crippen molar-refractivity contribution in [1.82, 2.24) is 5.43 Å². The average Bonchev–Trinajstić information content (AvgIpc) is 2.37. The summed E-state index contributed by atoms with van der Waals surface area (Å²) in [6.07, 6.45) is 4.72. The molecule has 1 aliphatic rings. The van der Waals surface area contributed by atoms with Crippen LogP contribution in [0.4, 0.5) is 4.39 Å². The minimum absolute atomic E-state index is 0.0178. The molecule has 0 bridgehead atoms. The molecule has 3 N–H and O–H groups in total. The Kier molecular flexibility index (Phi) is 4.60. The standard InChI is InChI=1S/C14H20ClFN2/c1-9-2-4-10(5-3-9)14(18-17)11-6-7-12(15)13(16)8-11/h6-10,14,18H,2-5,17H2,1H3. The summed E-state index contributed by atoms with van der Waals surface area (Å²) in [6.45, 7) is 2.28. The van der Waals surface area contributed by atoms with Gasteiger partial charge in [0, 0.05) is 6.04 Å². The highest BCUT2D eigenvalue weighted by Gasteiger charge is 2.26. The second-order valence-corrected chi connectivity index (χ2v) is 5.75. The van der Waals surface area contributed by atoms with Gasteiger partial charge in [0.25, 0.3) is 0 Å². The zero-order valence-corrected chi connectivity index (χ0v) is 11.4. The number of hydrazine groups is 1. The van der Waals surface area contributed by atoms with Crippen LogP contribution in [-0.4, -0.2) is 0 Å². The molecule has 1 aromatic rings. The molecule has 1 saturated carbocycles. The number of benzene rings is 1. The molecular weight excluding hydrogens is 251 g/mol. The van der Waals surface area contributed by atoms with Crippen LogP contribution in [0.25, 0.3) is 0 Å². The van der Waals surface area contributed by atoms with E-state index in [1.54, 1.807) is 6.07 Å². The van der Waals surface area contributed by atoms with Crippen molar-refractivity contribution >= 4 is 11.6 Å². The summed E-state index contributed by atoms with van der Waals surface area (Å²) < 4.78 is 13.5. The van der Waals surface area contributed by atoms with Gasteiger partial charge in [-0.2, -0.15) is 0 Å². The predicted octanol–water partition coefficient (Wildman–Crippen LogP) is 3.81. The Morgan fingerprint density at radius 2 is 2.00 bits per heavy atom. The second-order valence-electron chi connectivity index (χ2n) is 5.34. The lowest BCUT2D eigenvalue weighted by Crippen LogP contribution is -2.35. The van der Waals surface area contributed by atoms with Gasteiger partial charge >= 0.3 is 0 Å². The van der Waals surface area contributed by atoms with Crippen molar-refractivity contribution < 1.29 is 4.39 Å². The highest BCUT2D eigenvalue weighted by Crippen LogP contribution is 2.36. The number of halogens is 2. The van der Waals surface area contributed by atoms with E-state index in [4.69, 9.17) is 17.4 Å². The lowest BCUT2D eigenvalue weighted by molar-refractivity contribution is 0.232. The summed E-state index contributed by atoms with van der Waals surface area (Å²) in [5.41, 5.74) is 3.73. The molecule has 18 heavy (non-hydrogen) atoms. The molecule has 0 heterocycles. The molecular formula is C14H20ClFN2. The molecule has 1 aromatic carbocycles. The highest BCUT2D eigenvalue weighted by molar-refractivity contribution is 6.30. The molecule has 1 atom stereocenters. The largest absolute Gasteiger partial charge is 0.271 e. The zero-order chi connectivity index (χ0) is 13.1. The van der Waals surface area contributed by atoms with Crippen LogP contribution in [0.15, 0.2) is 18.2 Å². The van der Waals surface area contributed by atoms with Gasteiger partial charge in [0.2, 0.25) is 0 Å². The quantitative estimate of drug-likeness (QED) is 0.647. The number of nitrogens with two attached hydrogens (primary N) is 1. The summed E-state index contributed by atoms with van der Waals surface area (Å²) in [4.78, 5) is 0. The third kappa shape index (κ3) is 3.02. The summed E-state index contributed by atoms with van der Waals surface area (Å²) in [6, 6.07) is 4.96. The van der Waals surface area contributed by atoms with Crippen molar-refractivity contribution in [3.05, 3.63) is 34.6 Å². The maximum Gasteiger partial charge on any atom is 0.142 e. The summed E-state index contributed by atoms with van der Waals surface area (Å²) in [7, 11) is 0. The fraction of sp³-hybridized carbons (Fsp3) is 0.571. The van der Waals surface area contributed by atoms with E-state index in [-0.39, 0.29) is 16.9 Å². The van der Waals surface area contributed by atoms with Gasteiger partial charge in [-0.15, -0.1) is 0 Å². The SMILES string of the molecule is CC1CCC(C(NN)c2ccc(Cl)c(F)c2)CC1. The van der Waals surface area contributed by atoms with Crippen molar-refractivity contribution in [1.29, 1.82) is 0 Å². The Morgan fingerprint density at radius 1 is 1.33 bits per heavy atom. The molecule has 0 aromatic heterocycles. The monoisotopic (exact) mass is 270 g/mol. The van der Waals surface area contributed by atoms with Gasteiger partial charge in [0.05, 0.1) is 5.02 Å². The molecule has 1 aliphatic carbocycles. The Hall–Kier alpha value is -0.640. The summed E-state index contributed by atoms with van der Waals surface area (Å²) >= 11 is 5.71. The Bertz CT molecular complexity index is 403. The van der Waals surface area contributed by atoms with Crippen LogP contribution in [0.1, 0.15) is 44.2 Å². The minimum Gasteiger partial charge on any atom is -0.271 e. The molecule has 0 radical (unpaired) electrons. The molecule has 1 unspecified atom stereocenters. The van der Waals surface area contributed by atoms with Crippen LogP contribution < -0.4 is 11.3 Å². The van der Waals surface area contributed by atoms with Crippen molar-refractivity contribution in [3.8, 4) is 0 Å². The van der Waals surface area contributed by atoms with E-state index < -0.39 is 0 Å². The number of hydrogen-bond acceptors (Lipinski definition) is 2. The van der Waals surface area contributed by atoms with Crippen molar-refractivity contribution in [2.24, 2.45) is 17.7 Å². The van der Waals surface area contributed by atoms with Crippen molar-refractivity contribution in [2.45, 2.75) is 38.6 Å². The normalized spacial score (nSPS) is 26.0. The van der Waals surface area contributed by atoms with Gasteiger partial charge in [-0.1, -0.05) is 37.4 Å². The Balaban J connectivity index is 2.14. The van der Waals surface area contributed by atoms with Gasteiger partial charge in [0.15, 0.2) is 0 Å². The van der Waals surface area contributed by atoms with Crippen LogP contribution >= 0.6 is 11.6 Å². The van der Waals surface area contributed by atoms with Crippen LogP contribution in [0.3, 0.4) is 0 Å². The topological polar surface area (TPSA) is 38.0 Å². The third-order valence-corrected chi connectivity index (χ3v) is 4.32. The van der Waals surface area contributed by atoms with Crippen molar-refractivity contribution in [3.63, 3.8) is 0 Å². The Morgan fingerprint density at radius 3 is 2.56 bits per heavy atom. The lowest BCUT2D eigenvalue weighted by atomic mass is 9.77. The first-order valence-corrected chi connectivity index (χ1v) is 6.90. The Labute approximate surface area is 113 Å². The first-order valence-electron chi connectivity index (χ1n) is 6.53. The fourth-order valence-electron chi connectivity index (χ4n) is 2.83. The van der Waals surface area contributed by atoms with Gasteiger partial charge in [-0.3, -0.25) is 11.3 Å². The molecule has 0 saturated heterocycles. The predicted molar refractivity (Wildman–Crippen MR) is 72.6 cm³/mol. The zero-order valence-electron chi connectivity index (χ0n) is 10.6. The molecule has 1 fully saturated rings. The van der Waals surface area contributed by atoms with Crippen LogP contribution in [0.2, 0.25) is 5.02 Å². The molecule has 2 rings (SSSR count). The van der Waals surface area contributed by atoms with Gasteiger partial charge < -0.3 is 0 Å². The van der Waals surface area contributed by atoms with E-state index in [2.05, 4.69) is 12.3 Å². The van der Waals surface area contributed by atoms with Gasteiger partial charge in [0.1, 0.15) is 5.82 Å². The number of rotatable bonds is 3. The molecule has 2 nitrogen and oxygen atoms in total. The van der Waals surface area contributed by atoms with Gasteiger partial charge in [-0.05, 0) is 42.4 Å². The molecule has 0 aliphatic heterocycles. The fourth-order valence-corrected chi connectivity index (χ4v) is 2.95. The van der Waals surface area contributed by atoms with E-state index in [0.717, 1.165) is 24.3 Å². The van der Waals surface area contributed by atoms with E-state index >= 15 is 0 Å². The number of nitrogens with one attached hydrogen (secondary N) is 1. The van der Waals surface area contributed by atoms with E-state index in [1.165, 1.54) is 18.9 Å².